The highest BCUT2D eigenvalue weighted by Gasteiger charge is 2.30. The zero-order chi connectivity index (χ0) is 27.7. The highest BCUT2D eigenvalue weighted by molar-refractivity contribution is 7.92. The zero-order valence-electron chi connectivity index (χ0n) is 21.3. The van der Waals surface area contributed by atoms with E-state index >= 15 is 0 Å². The first-order valence-corrected chi connectivity index (χ1v) is 14.3. The molecule has 1 aromatic carbocycles. The minimum atomic E-state index is -4.58. The fraction of sp³-hybridized carbons (Fsp3) is 0.480. The molecule has 1 aliphatic rings. The molecular weight excluding hydrogens is 541 g/mol. The van der Waals surface area contributed by atoms with Gasteiger partial charge in [-0.05, 0) is 70.5 Å². The Kier molecular flexibility index (Phi) is 8.34. The molecule has 13 heteroatoms. The van der Waals surface area contributed by atoms with Gasteiger partial charge in [0, 0.05) is 17.6 Å². The second-order valence-electron chi connectivity index (χ2n) is 9.85. The first-order chi connectivity index (χ1) is 17.8. The van der Waals surface area contributed by atoms with Crippen LogP contribution < -0.4 is 10.0 Å². The maximum atomic E-state index is 12.4. The molecule has 0 saturated heterocycles. The SMILES string of the molecule is Cc1cc(-c2ccc(NS(=O)(=O)CCC(F)(F)F)c(Cl)c2)nc2cnc(N[C@H]3CC[C@H](N(C)C)CC3)nc12. The molecule has 0 spiro atoms. The van der Waals surface area contributed by atoms with Crippen molar-refractivity contribution < 1.29 is 21.6 Å². The van der Waals surface area contributed by atoms with Crippen LogP contribution in [0.15, 0.2) is 30.5 Å². The molecule has 4 rings (SSSR count). The van der Waals surface area contributed by atoms with Gasteiger partial charge in [-0.2, -0.15) is 13.2 Å². The predicted molar refractivity (Wildman–Crippen MR) is 144 cm³/mol. The second-order valence-corrected chi connectivity index (χ2v) is 12.1. The molecule has 206 valence electrons. The number of halogens is 4. The third kappa shape index (κ3) is 7.23. The summed E-state index contributed by atoms with van der Waals surface area (Å²) in [4.78, 5) is 16.1. The number of fused-ring (bicyclic) bond motifs is 1. The van der Waals surface area contributed by atoms with E-state index in [0.29, 0.717) is 40.3 Å². The van der Waals surface area contributed by atoms with Crippen molar-refractivity contribution in [3.05, 3.63) is 41.0 Å². The van der Waals surface area contributed by atoms with Crippen LogP contribution in [0, 0.1) is 6.92 Å². The molecule has 0 radical (unpaired) electrons. The fourth-order valence-corrected chi connectivity index (χ4v) is 5.94. The zero-order valence-corrected chi connectivity index (χ0v) is 22.9. The van der Waals surface area contributed by atoms with Crippen molar-refractivity contribution in [2.75, 3.05) is 29.9 Å². The Bertz CT molecular complexity index is 1410. The number of alkyl halides is 3. The van der Waals surface area contributed by atoms with Crippen molar-refractivity contribution in [2.24, 2.45) is 0 Å². The minimum Gasteiger partial charge on any atom is -0.351 e. The number of aryl methyl sites for hydroxylation is 1. The Balaban J connectivity index is 1.49. The molecule has 2 heterocycles. The Morgan fingerprint density at radius 1 is 1.11 bits per heavy atom. The Hall–Kier alpha value is -2.70. The first kappa shape index (κ1) is 28.3. The van der Waals surface area contributed by atoms with Crippen molar-refractivity contribution in [3.63, 3.8) is 0 Å². The van der Waals surface area contributed by atoms with Crippen LogP contribution in [0.4, 0.5) is 24.8 Å². The molecule has 0 bridgehead atoms. The number of hydrogen-bond acceptors (Lipinski definition) is 7. The average Bonchev–Trinajstić information content (AvgIpc) is 2.84. The molecule has 3 aromatic rings. The van der Waals surface area contributed by atoms with Crippen LogP contribution >= 0.6 is 11.6 Å². The number of hydrogen-bond donors (Lipinski definition) is 2. The van der Waals surface area contributed by atoms with Crippen molar-refractivity contribution in [1.29, 1.82) is 0 Å². The number of sulfonamides is 1. The van der Waals surface area contributed by atoms with Crippen LogP contribution in [0.5, 0.6) is 0 Å². The highest BCUT2D eigenvalue weighted by Crippen LogP contribution is 2.31. The van der Waals surface area contributed by atoms with Crippen LogP contribution in [-0.4, -0.2) is 66.4 Å². The maximum absolute atomic E-state index is 12.4. The van der Waals surface area contributed by atoms with Gasteiger partial charge in [-0.25, -0.2) is 23.4 Å². The van der Waals surface area contributed by atoms with Gasteiger partial charge in [-0.3, -0.25) is 4.72 Å². The number of nitrogens with zero attached hydrogens (tertiary/aromatic N) is 4. The maximum Gasteiger partial charge on any atom is 0.390 e. The van der Waals surface area contributed by atoms with Crippen molar-refractivity contribution >= 4 is 44.3 Å². The van der Waals surface area contributed by atoms with E-state index in [-0.39, 0.29) is 10.7 Å². The molecule has 1 aliphatic carbocycles. The van der Waals surface area contributed by atoms with Crippen LogP contribution in [0.2, 0.25) is 5.02 Å². The predicted octanol–water partition coefficient (Wildman–Crippen LogP) is 5.63. The molecule has 1 saturated carbocycles. The van der Waals surface area contributed by atoms with Crippen molar-refractivity contribution in [1.82, 2.24) is 19.9 Å². The smallest absolute Gasteiger partial charge is 0.351 e. The van der Waals surface area contributed by atoms with Gasteiger partial charge in [-0.15, -0.1) is 0 Å². The van der Waals surface area contributed by atoms with Crippen molar-refractivity contribution in [3.8, 4) is 11.3 Å². The van der Waals surface area contributed by atoms with E-state index in [1.54, 1.807) is 12.3 Å². The van der Waals surface area contributed by atoms with E-state index in [9.17, 15) is 21.6 Å². The average molecular weight is 571 g/mol. The van der Waals surface area contributed by atoms with E-state index < -0.39 is 28.4 Å². The third-order valence-electron chi connectivity index (χ3n) is 6.68. The summed E-state index contributed by atoms with van der Waals surface area (Å²) >= 11 is 6.26. The van der Waals surface area contributed by atoms with Crippen molar-refractivity contribution in [2.45, 2.75) is 57.3 Å². The molecule has 2 N–H and O–H groups in total. The van der Waals surface area contributed by atoms with Gasteiger partial charge in [0.15, 0.2) is 0 Å². The summed E-state index contributed by atoms with van der Waals surface area (Å²) in [5, 5.41) is 3.49. The normalized spacial score (nSPS) is 18.6. The van der Waals surface area contributed by atoms with Gasteiger partial charge in [0.05, 0.1) is 40.3 Å². The van der Waals surface area contributed by atoms with Crippen LogP contribution in [-0.2, 0) is 10.0 Å². The summed E-state index contributed by atoms with van der Waals surface area (Å²) < 4.78 is 63.4. The van der Waals surface area contributed by atoms with Crippen LogP contribution in [0.25, 0.3) is 22.3 Å². The number of aromatic nitrogens is 3. The lowest BCUT2D eigenvalue weighted by molar-refractivity contribution is -0.129. The summed E-state index contributed by atoms with van der Waals surface area (Å²) in [6, 6.07) is 7.29. The topological polar surface area (TPSA) is 100 Å². The number of nitrogens with one attached hydrogen (secondary N) is 2. The van der Waals surface area contributed by atoms with E-state index in [2.05, 4.69) is 44.0 Å². The van der Waals surface area contributed by atoms with Gasteiger partial charge < -0.3 is 10.2 Å². The highest BCUT2D eigenvalue weighted by atomic mass is 35.5. The number of rotatable bonds is 8. The molecule has 0 amide bonds. The molecule has 8 nitrogen and oxygen atoms in total. The Morgan fingerprint density at radius 3 is 2.45 bits per heavy atom. The largest absolute Gasteiger partial charge is 0.390 e. The fourth-order valence-electron chi connectivity index (χ4n) is 4.55. The Morgan fingerprint density at radius 2 is 1.82 bits per heavy atom. The van der Waals surface area contributed by atoms with Gasteiger partial charge in [0.1, 0.15) is 5.52 Å². The first-order valence-electron chi connectivity index (χ1n) is 12.2. The molecular formula is C25H30ClF3N6O2S. The number of pyridine rings is 1. The van der Waals surface area contributed by atoms with Gasteiger partial charge in [-0.1, -0.05) is 17.7 Å². The number of benzene rings is 1. The Labute approximate surface area is 225 Å². The van der Waals surface area contributed by atoms with Crippen LogP contribution in [0.3, 0.4) is 0 Å². The third-order valence-corrected chi connectivity index (χ3v) is 8.27. The van der Waals surface area contributed by atoms with E-state index in [1.807, 2.05) is 13.0 Å². The van der Waals surface area contributed by atoms with Gasteiger partial charge in [0.25, 0.3) is 0 Å². The van der Waals surface area contributed by atoms with Gasteiger partial charge >= 0.3 is 6.18 Å². The lowest BCUT2D eigenvalue weighted by Gasteiger charge is -2.32. The molecule has 38 heavy (non-hydrogen) atoms. The standard InChI is InChI=1S/C25H30ClF3N6O2S/c1-15-12-21(16-4-9-20(19(26)13-16)34-38(36,37)11-10-25(27,28)29)32-22-14-30-24(33-23(15)22)31-17-5-7-18(8-6-17)35(2)3/h4,9,12-14,17-18,34H,5-8,10-11H2,1-3H3,(H,30,31,33)/t17-,18-. The molecule has 2 aromatic heterocycles. The van der Waals surface area contributed by atoms with Gasteiger partial charge in [0.2, 0.25) is 16.0 Å². The molecule has 0 unspecified atom stereocenters. The number of anilines is 2. The van der Waals surface area contributed by atoms with E-state index in [4.69, 9.17) is 11.6 Å². The summed E-state index contributed by atoms with van der Waals surface area (Å²) in [6.07, 6.45) is -0.0109. The van der Waals surface area contributed by atoms with Crippen LogP contribution in [0.1, 0.15) is 37.7 Å². The summed E-state index contributed by atoms with van der Waals surface area (Å²) in [7, 11) is 0.00534. The van der Waals surface area contributed by atoms with E-state index in [0.717, 1.165) is 31.2 Å². The molecule has 1 fully saturated rings. The lowest BCUT2D eigenvalue weighted by atomic mass is 9.91. The summed E-state index contributed by atoms with van der Waals surface area (Å²) in [5.74, 6) is -0.526. The van der Waals surface area contributed by atoms with E-state index in [1.165, 1.54) is 12.1 Å². The summed E-state index contributed by atoms with van der Waals surface area (Å²) in [5.41, 5.74) is 3.37. The minimum absolute atomic E-state index is 0.00577. The summed E-state index contributed by atoms with van der Waals surface area (Å²) in [6.45, 7) is 1.91. The quantitative estimate of drug-likeness (QED) is 0.362. The lowest BCUT2D eigenvalue weighted by Crippen LogP contribution is -2.36. The molecule has 0 aliphatic heterocycles. The second kappa shape index (κ2) is 11.2. The molecule has 0 atom stereocenters. The monoisotopic (exact) mass is 570 g/mol.